The average Bonchev–Trinajstić information content (AvgIpc) is 3.13. The molecule has 2 aliphatic rings. The first-order valence-corrected chi connectivity index (χ1v) is 15.4. The highest BCUT2D eigenvalue weighted by Crippen LogP contribution is 2.47. The molecule has 37 heavy (non-hydrogen) atoms. The van der Waals surface area contributed by atoms with Crippen molar-refractivity contribution in [2.75, 3.05) is 43.8 Å². The number of nitrogens with one attached hydrogen (secondary N) is 1. The van der Waals surface area contributed by atoms with Crippen LogP contribution in [0.25, 0.3) is 11.3 Å². The van der Waals surface area contributed by atoms with Crippen molar-refractivity contribution in [3.8, 4) is 11.3 Å². The van der Waals surface area contributed by atoms with Crippen molar-refractivity contribution < 1.29 is 17.6 Å². The number of rotatable bonds is 7. The summed E-state index contributed by atoms with van der Waals surface area (Å²) in [6.45, 7) is 13.1. The first-order valence-electron chi connectivity index (χ1n) is 13.0. The Morgan fingerprint density at radius 1 is 1.16 bits per heavy atom. The van der Waals surface area contributed by atoms with Crippen molar-refractivity contribution in [3.63, 3.8) is 0 Å². The summed E-state index contributed by atoms with van der Waals surface area (Å²) in [6.07, 6.45) is 2.75. The van der Waals surface area contributed by atoms with Gasteiger partial charge in [0.1, 0.15) is 5.82 Å². The third-order valence-electron chi connectivity index (χ3n) is 7.35. The third-order valence-corrected chi connectivity index (χ3v) is 10.4. The first-order chi connectivity index (χ1) is 17.3. The maximum atomic E-state index is 13.3. The van der Waals surface area contributed by atoms with Gasteiger partial charge in [-0.1, -0.05) is 27.7 Å². The summed E-state index contributed by atoms with van der Waals surface area (Å²) in [4.78, 5) is 20.5. The number of likely N-dealkylation sites (tertiary alicyclic amines) is 1. The lowest BCUT2D eigenvalue weighted by molar-refractivity contribution is -0.118. The number of anilines is 1. The number of aryl methyl sites for hydroxylation is 1. The van der Waals surface area contributed by atoms with Crippen LogP contribution in [-0.2, 0) is 14.8 Å². The van der Waals surface area contributed by atoms with Crippen LogP contribution in [0, 0.1) is 29.5 Å². The molecule has 0 unspecified atom stereocenters. The van der Waals surface area contributed by atoms with Gasteiger partial charge in [-0.05, 0) is 80.3 Å². The van der Waals surface area contributed by atoms with Crippen LogP contribution in [0.15, 0.2) is 24.3 Å². The Labute approximate surface area is 224 Å². The van der Waals surface area contributed by atoms with Gasteiger partial charge in [-0.25, -0.2) is 22.1 Å². The van der Waals surface area contributed by atoms with E-state index in [4.69, 9.17) is 0 Å². The van der Waals surface area contributed by atoms with Gasteiger partial charge in [-0.15, -0.1) is 11.3 Å². The molecular weight excluding hydrogens is 511 g/mol. The summed E-state index contributed by atoms with van der Waals surface area (Å²) in [5.41, 5.74) is 1.44. The van der Waals surface area contributed by atoms with Crippen LogP contribution < -0.4 is 5.32 Å². The van der Waals surface area contributed by atoms with Gasteiger partial charge in [0.15, 0.2) is 5.13 Å². The van der Waals surface area contributed by atoms with E-state index in [2.05, 4.69) is 29.0 Å². The molecule has 0 bridgehead atoms. The van der Waals surface area contributed by atoms with Crippen molar-refractivity contribution in [2.45, 2.75) is 53.9 Å². The van der Waals surface area contributed by atoms with Crippen LogP contribution in [0.5, 0.6) is 0 Å². The normalized spacial score (nSPS) is 20.4. The molecule has 1 aromatic carbocycles. The zero-order chi connectivity index (χ0) is 27.0. The van der Waals surface area contributed by atoms with Crippen molar-refractivity contribution in [2.24, 2.45) is 16.7 Å². The lowest BCUT2D eigenvalue weighted by atomic mass is 9.65. The Morgan fingerprint density at radius 2 is 1.81 bits per heavy atom. The second-order valence-corrected chi connectivity index (χ2v) is 15.3. The first kappa shape index (κ1) is 28.1. The Bertz CT molecular complexity index is 1220. The molecule has 2 aromatic rings. The largest absolute Gasteiger partial charge is 0.301 e. The van der Waals surface area contributed by atoms with Gasteiger partial charge in [0.05, 0.1) is 18.0 Å². The van der Waals surface area contributed by atoms with E-state index >= 15 is 0 Å². The number of carbonyl (C=O) groups excluding carboxylic acids is 1. The molecule has 3 heterocycles. The molecule has 2 saturated heterocycles. The number of benzene rings is 1. The molecule has 2 aliphatic heterocycles. The van der Waals surface area contributed by atoms with Crippen LogP contribution in [0.1, 0.15) is 51.8 Å². The minimum atomic E-state index is -3.29. The van der Waals surface area contributed by atoms with Crippen LogP contribution in [0.2, 0.25) is 0 Å². The zero-order valence-electron chi connectivity index (χ0n) is 22.5. The summed E-state index contributed by atoms with van der Waals surface area (Å²) in [5, 5.41) is 3.46. The Hall–Kier alpha value is -1.88. The predicted molar refractivity (Wildman–Crippen MR) is 148 cm³/mol. The molecule has 0 aliphatic carbocycles. The molecule has 7 nitrogen and oxygen atoms in total. The van der Waals surface area contributed by atoms with Gasteiger partial charge < -0.3 is 5.32 Å². The molecule has 1 N–H and O–H groups in total. The second-order valence-electron chi connectivity index (χ2n) is 12.0. The van der Waals surface area contributed by atoms with Crippen LogP contribution >= 0.6 is 11.3 Å². The Kier molecular flexibility index (Phi) is 8.14. The Morgan fingerprint density at radius 3 is 2.43 bits per heavy atom. The van der Waals surface area contributed by atoms with Crippen LogP contribution in [0.4, 0.5) is 9.52 Å². The molecule has 2 fully saturated rings. The van der Waals surface area contributed by atoms with E-state index in [0.29, 0.717) is 18.2 Å². The lowest BCUT2D eigenvalue weighted by Gasteiger charge is -2.52. The highest BCUT2D eigenvalue weighted by atomic mass is 32.2. The van der Waals surface area contributed by atoms with Crippen molar-refractivity contribution in [3.05, 3.63) is 35.0 Å². The summed E-state index contributed by atoms with van der Waals surface area (Å²) in [7, 11) is -3.29. The highest BCUT2D eigenvalue weighted by molar-refractivity contribution is 7.89. The predicted octanol–water partition coefficient (Wildman–Crippen LogP) is 5.00. The minimum Gasteiger partial charge on any atom is -0.301 e. The topological polar surface area (TPSA) is 82.6 Å². The number of piperidine rings is 2. The van der Waals surface area contributed by atoms with Crippen LogP contribution in [-0.4, -0.2) is 67.0 Å². The monoisotopic (exact) mass is 550 g/mol. The van der Waals surface area contributed by atoms with Gasteiger partial charge >= 0.3 is 0 Å². The molecule has 0 atom stereocenters. The van der Waals surface area contributed by atoms with E-state index in [1.807, 2.05) is 20.8 Å². The molecule has 1 aromatic heterocycles. The van der Waals surface area contributed by atoms with Gasteiger partial charge in [-0.2, -0.15) is 0 Å². The molecule has 1 amide bonds. The number of amides is 1. The number of sulfonamides is 1. The summed E-state index contributed by atoms with van der Waals surface area (Å²) < 4.78 is 41.1. The fourth-order valence-electron chi connectivity index (χ4n) is 5.97. The van der Waals surface area contributed by atoms with Crippen molar-refractivity contribution in [1.29, 1.82) is 0 Å². The molecular formula is C27H39FN4O3S2. The third kappa shape index (κ3) is 6.96. The molecule has 10 heteroatoms. The van der Waals surface area contributed by atoms with E-state index < -0.39 is 10.0 Å². The average molecular weight is 551 g/mol. The highest BCUT2D eigenvalue weighted by Gasteiger charge is 2.47. The SMILES string of the molecule is Cc1sc(NC(=O)CN2CCC3(CC2)CN(S(=O)(=O)CC(C)C)CC(C)(C)C3)nc1-c1ccc(F)cc1. The smallest absolute Gasteiger partial charge is 0.240 e. The second kappa shape index (κ2) is 10.7. The van der Waals surface area contributed by atoms with E-state index in [-0.39, 0.29) is 40.8 Å². The maximum Gasteiger partial charge on any atom is 0.240 e. The van der Waals surface area contributed by atoms with Crippen LogP contribution in [0.3, 0.4) is 0 Å². The summed E-state index contributed by atoms with van der Waals surface area (Å²) >= 11 is 1.41. The zero-order valence-corrected chi connectivity index (χ0v) is 24.1. The standard InChI is InChI=1S/C27H39FN4O3S2/c1-19(2)15-37(34,35)32-17-26(4,5)16-27(18-32)10-12-31(13-11-27)14-23(33)29-25-30-24(20(3)36-25)21-6-8-22(28)9-7-21/h6-9,19H,10-18H2,1-5H3,(H,29,30,33). The number of hydrogen-bond donors (Lipinski definition) is 1. The molecule has 204 valence electrons. The van der Waals surface area contributed by atoms with Gasteiger partial charge in [-0.3, -0.25) is 9.69 Å². The minimum absolute atomic E-state index is 0.0464. The summed E-state index contributed by atoms with van der Waals surface area (Å²) in [6, 6.07) is 6.19. The fraction of sp³-hybridized carbons (Fsp3) is 0.630. The summed E-state index contributed by atoms with van der Waals surface area (Å²) in [5.74, 6) is -0.125. The van der Waals surface area contributed by atoms with Gasteiger partial charge in [0.25, 0.3) is 0 Å². The van der Waals surface area contributed by atoms with E-state index in [1.165, 1.54) is 23.5 Å². The quantitative estimate of drug-likeness (QED) is 0.525. The fourth-order valence-corrected chi connectivity index (χ4v) is 8.89. The number of nitrogens with zero attached hydrogens (tertiary/aromatic N) is 3. The van der Waals surface area contributed by atoms with Gasteiger partial charge in [0, 0.05) is 23.5 Å². The van der Waals surface area contributed by atoms with E-state index in [1.54, 1.807) is 16.4 Å². The van der Waals surface area contributed by atoms with Crippen molar-refractivity contribution >= 4 is 32.4 Å². The number of hydrogen-bond acceptors (Lipinski definition) is 6. The molecule has 0 saturated carbocycles. The van der Waals surface area contributed by atoms with E-state index in [9.17, 15) is 17.6 Å². The molecule has 1 spiro atoms. The number of halogens is 1. The number of aromatic nitrogens is 1. The maximum absolute atomic E-state index is 13.3. The van der Waals surface area contributed by atoms with E-state index in [0.717, 1.165) is 48.5 Å². The molecule has 4 rings (SSSR count). The number of carbonyl (C=O) groups is 1. The Balaban J connectivity index is 1.35. The lowest BCUT2D eigenvalue weighted by Crippen LogP contribution is -2.56. The van der Waals surface area contributed by atoms with Crippen molar-refractivity contribution in [1.82, 2.24) is 14.2 Å². The van der Waals surface area contributed by atoms with Gasteiger partial charge in [0.2, 0.25) is 15.9 Å². The molecule has 0 radical (unpaired) electrons. The number of thiazole rings is 1.